The summed E-state index contributed by atoms with van der Waals surface area (Å²) in [6, 6.07) is 11.7. The number of hydrogen-bond donors (Lipinski definition) is 2. The third-order valence-electron chi connectivity index (χ3n) is 3.53. The van der Waals surface area contributed by atoms with E-state index in [1.54, 1.807) is 0 Å². The number of rotatable bonds is 2. The second-order valence-electron chi connectivity index (χ2n) is 5.12. The summed E-state index contributed by atoms with van der Waals surface area (Å²) in [6.45, 7) is 4.11. The summed E-state index contributed by atoms with van der Waals surface area (Å²) < 4.78 is 0.962. The molecular formula is C16H15BrN2O. The average Bonchev–Trinajstić information content (AvgIpc) is 2.68. The Balaban J connectivity index is 1.94. The summed E-state index contributed by atoms with van der Waals surface area (Å²) in [6.07, 6.45) is 0. The maximum Gasteiger partial charge on any atom is 0.251 e. The molecule has 1 aliphatic rings. The molecule has 102 valence electrons. The summed E-state index contributed by atoms with van der Waals surface area (Å²) in [5.41, 5.74) is 5.20. The zero-order chi connectivity index (χ0) is 14.3. The van der Waals surface area contributed by atoms with Gasteiger partial charge in [-0.2, -0.15) is 0 Å². The smallest absolute Gasteiger partial charge is 0.251 e. The monoisotopic (exact) mass is 330 g/mol. The lowest BCUT2D eigenvalue weighted by molar-refractivity contribution is -0.116. The molecule has 1 aliphatic heterocycles. The fourth-order valence-corrected chi connectivity index (χ4v) is 2.87. The lowest BCUT2D eigenvalue weighted by atomic mass is 10.1. The second-order valence-corrected chi connectivity index (χ2v) is 6.03. The highest BCUT2D eigenvalue weighted by Gasteiger charge is 2.30. The third kappa shape index (κ3) is 2.31. The van der Waals surface area contributed by atoms with Crippen LogP contribution in [0.4, 0.5) is 11.4 Å². The summed E-state index contributed by atoms with van der Waals surface area (Å²) in [5.74, 6) is -0.0157. The quantitative estimate of drug-likeness (QED) is 0.867. The van der Waals surface area contributed by atoms with Gasteiger partial charge >= 0.3 is 0 Å². The van der Waals surface area contributed by atoms with Crippen LogP contribution in [-0.4, -0.2) is 5.91 Å². The Morgan fingerprint density at radius 2 is 1.95 bits per heavy atom. The highest BCUT2D eigenvalue weighted by Crippen LogP contribution is 2.35. The molecule has 0 radical (unpaired) electrons. The number of carbonyl (C=O) groups excluding carboxylic acids is 1. The SMILES string of the molecule is Cc1ccc(NC2C(=O)Nc3cc(Br)ccc32)c(C)c1. The Kier molecular flexibility index (Phi) is 3.26. The minimum absolute atomic E-state index is 0.0157. The van der Waals surface area contributed by atoms with E-state index in [9.17, 15) is 4.79 Å². The van der Waals surface area contributed by atoms with Gasteiger partial charge in [0.2, 0.25) is 0 Å². The highest BCUT2D eigenvalue weighted by atomic mass is 79.9. The molecule has 1 amide bonds. The molecule has 2 aromatic rings. The van der Waals surface area contributed by atoms with Crippen molar-refractivity contribution in [1.29, 1.82) is 0 Å². The van der Waals surface area contributed by atoms with Gasteiger partial charge in [-0.1, -0.05) is 39.7 Å². The number of hydrogen-bond acceptors (Lipinski definition) is 2. The van der Waals surface area contributed by atoms with Crippen LogP contribution in [0.5, 0.6) is 0 Å². The van der Waals surface area contributed by atoms with E-state index in [1.807, 2.05) is 37.3 Å². The molecule has 20 heavy (non-hydrogen) atoms. The van der Waals surface area contributed by atoms with Gasteiger partial charge in [-0.25, -0.2) is 0 Å². The first-order valence-electron chi connectivity index (χ1n) is 6.49. The van der Waals surface area contributed by atoms with Gasteiger partial charge in [-0.3, -0.25) is 4.79 Å². The van der Waals surface area contributed by atoms with Crippen LogP contribution in [0, 0.1) is 13.8 Å². The van der Waals surface area contributed by atoms with Gasteiger partial charge in [0, 0.05) is 21.4 Å². The fraction of sp³-hybridized carbons (Fsp3) is 0.188. The molecule has 2 aromatic carbocycles. The summed E-state index contributed by atoms with van der Waals surface area (Å²) in [5, 5.41) is 6.24. The Labute approximate surface area is 126 Å². The van der Waals surface area contributed by atoms with E-state index in [1.165, 1.54) is 5.56 Å². The molecule has 0 bridgehead atoms. The molecule has 0 aliphatic carbocycles. The molecule has 0 aromatic heterocycles. The van der Waals surface area contributed by atoms with Gasteiger partial charge in [0.25, 0.3) is 5.91 Å². The lowest BCUT2D eigenvalue weighted by Gasteiger charge is -2.15. The molecule has 0 fully saturated rings. The van der Waals surface area contributed by atoms with Crippen molar-refractivity contribution in [2.45, 2.75) is 19.9 Å². The minimum Gasteiger partial charge on any atom is -0.370 e. The van der Waals surface area contributed by atoms with Crippen LogP contribution in [0.3, 0.4) is 0 Å². The van der Waals surface area contributed by atoms with Gasteiger partial charge in [0.05, 0.1) is 0 Å². The van der Waals surface area contributed by atoms with Crippen LogP contribution in [0.25, 0.3) is 0 Å². The molecule has 1 atom stereocenters. The van der Waals surface area contributed by atoms with Crippen LogP contribution in [-0.2, 0) is 4.79 Å². The number of amides is 1. The number of benzene rings is 2. The number of carbonyl (C=O) groups is 1. The standard InChI is InChI=1S/C16H15BrN2O/c1-9-3-6-13(10(2)7-9)18-15-12-5-4-11(17)8-14(12)19-16(15)20/h3-8,15,18H,1-2H3,(H,19,20). The summed E-state index contributed by atoms with van der Waals surface area (Å²) in [4.78, 5) is 12.1. The number of anilines is 2. The van der Waals surface area contributed by atoms with E-state index >= 15 is 0 Å². The third-order valence-corrected chi connectivity index (χ3v) is 4.02. The lowest BCUT2D eigenvalue weighted by Crippen LogP contribution is -2.20. The average molecular weight is 331 g/mol. The van der Waals surface area contributed by atoms with Gasteiger partial charge < -0.3 is 10.6 Å². The first-order chi connectivity index (χ1) is 9.54. The fourth-order valence-electron chi connectivity index (χ4n) is 2.51. The number of nitrogens with one attached hydrogen (secondary N) is 2. The summed E-state index contributed by atoms with van der Waals surface area (Å²) >= 11 is 3.42. The Morgan fingerprint density at radius 1 is 1.15 bits per heavy atom. The maximum absolute atomic E-state index is 12.1. The normalized spacial score (nSPS) is 16.8. The van der Waals surface area contributed by atoms with E-state index in [4.69, 9.17) is 0 Å². The van der Waals surface area contributed by atoms with Crippen molar-refractivity contribution in [2.75, 3.05) is 10.6 Å². The molecular weight excluding hydrogens is 316 g/mol. The molecule has 0 spiro atoms. The van der Waals surface area contributed by atoms with Crippen LogP contribution >= 0.6 is 15.9 Å². The zero-order valence-corrected chi connectivity index (χ0v) is 12.9. The van der Waals surface area contributed by atoms with Crippen molar-refractivity contribution in [1.82, 2.24) is 0 Å². The van der Waals surface area contributed by atoms with Crippen molar-refractivity contribution >= 4 is 33.2 Å². The van der Waals surface area contributed by atoms with Crippen LogP contribution in [0.2, 0.25) is 0 Å². The highest BCUT2D eigenvalue weighted by molar-refractivity contribution is 9.10. The topological polar surface area (TPSA) is 41.1 Å². The molecule has 1 unspecified atom stereocenters. The van der Waals surface area contributed by atoms with E-state index < -0.39 is 0 Å². The van der Waals surface area contributed by atoms with Crippen LogP contribution in [0.1, 0.15) is 22.7 Å². The molecule has 3 nitrogen and oxygen atoms in total. The molecule has 4 heteroatoms. The van der Waals surface area contributed by atoms with Crippen molar-refractivity contribution in [3.05, 3.63) is 57.6 Å². The van der Waals surface area contributed by atoms with E-state index in [-0.39, 0.29) is 11.9 Å². The molecule has 3 rings (SSSR count). The first kappa shape index (κ1) is 13.2. The maximum atomic E-state index is 12.1. The van der Waals surface area contributed by atoms with Gasteiger partial charge in [-0.15, -0.1) is 0 Å². The summed E-state index contributed by atoms with van der Waals surface area (Å²) in [7, 11) is 0. The molecule has 2 N–H and O–H groups in total. The Morgan fingerprint density at radius 3 is 2.70 bits per heavy atom. The first-order valence-corrected chi connectivity index (χ1v) is 7.28. The van der Waals surface area contributed by atoms with Crippen LogP contribution < -0.4 is 10.6 Å². The van der Waals surface area contributed by atoms with E-state index in [0.717, 1.165) is 27.0 Å². The van der Waals surface area contributed by atoms with Crippen molar-refractivity contribution in [2.24, 2.45) is 0 Å². The predicted molar refractivity (Wildman–Crippen MR) is 85.1 cm³/mol. The number of fused-ring (bicyclic) bond motifs is 1. The van der Waals surface area contributed by atoms with Gasteiger partial charge in [0.1, 0.15) is 6.04 Å². The van der Waals surface area contributed by atoms with Crippen LogP contribution in [0.15, 0.2) is 40.9 Å². The predicted octanol–water partition coefficient (Wildman–Crippen LogP) is 4.17. The minimum atomic E-state index is -0.334. The second kappa shape index (κ2) is 4.94. The molecule has 0 saturated carbocycles. The van der Waals surface area contributed by atoms with E-state index in [2.05, 4.69) is 39.6 Å². The Bertz CT molecular complexity index is 697. The number of halogens is 1. The molecule has 0 saturated heterocycles. The van der Waals surface area contributed by atoms with Gasteiger partial charge in [0.15, 0.2) is 0 Å². The Hall–Kier alpha value is -1.81. The zero-order valence-electron chi connectivity index (χ0n) is 11.3. The van der Waals surface area contributed by atoms with Crippen molar-refractivity contribution < 1.29 is 4.79 Å². The molecule has 1 heterocycles. The van der Waals surface area contributed by atoms with Crippen molar-refractivity contribution in [3.63, 3.8) is 0 Å². The number of aryl methyl sites for hydroxylation is 2. The van der Waals surface area contributed by atoms with Gasteiger partial charge in [-0.05, 0) is 37.6 Å². The van der Waals surface area contributed by atoms with E-state index in [0.29, 0.717) is 0 Å². The largest absolute Gasteiger partial charge is 0.370 e. The van der Waals surface area contributed by atoms with Crippen molar-refractivity contribution in [3.8, 4) is 0 Å².